The number of rotatable bonds is 7. The van der Waals surface area contributed by atoms with Crippen LogP contribution >= 0.6 is 24.0 Å². The van der Waals surface area contributed by atoms with Crippen LogP contribution in [0.4, 0.5) is 0 Å². The fraction of sp³-hybridized carbons (Fsp3) is 0.636. The van der Waals surface area contributed by atoms with Crippen molar-refractivity contribution < 1.29 is 14.3 Å². The van der Waals surface area contributed by atoms with Gasteiger partial charge in [0.05, 0.1) is 19.1 Å². The molecule has 162 valence electrons. The Bertz CT molecular complexity index is 688. The maximum Gasteiger partial charge on any atom is 0.308 e. The number of nitrogens with one attached hydrogen (secondary N) is 2. The first kappa shape index (κ1) is 23.8. The van der Waals surface area contributed by atoms with Crippen LogP contribution in [0, 0.1) is 5.92 Å². The van der Waals surface area contributed by atoms with Gasteiger partial charge in [0.25, 0.3) is 0 Å². The van der Waals surface area contributed by atoms with E-state index >= 15 is 0 Å². The van der Waals surface area contributed by atoms with Crippen molar-refractivity contribution in [1.29, 1.82) is 0 Å². The van der Waals surface area contributed by atoms with Gasteiger partial charge in [0.2, 0.25) is 0 Å². The summed E-state index contributed by atoms with van der Waals surface area (Å²) in [5.74, 6) is 1.91. The van der Waals surface area contributed by atoms with Crippen LogP contribution in [0.3, 0.4) is 0 Å². The number of halogens is 1. The van der Waals surface area contributed by atoms with E-state index in [1.807, 2.05) is 6.92 Å². The van der Waals surface area contributed by atoms with Crippen LogP contribution in [0.2, 0.25) is 0 Å². The molecule has 0 spiro atoms. The maximum absolute atomic E-state index is 11.9. The molecule has 29 heavy (non-hydrogen) atoms. The summed E-state index contributed by atoms with van der Waals surface area (Å²) in [6.07, 6.45) is 5.63. The first-order valence-electron chi connectivity index (χ1n) is 10.7. The number of hydrogen-bond acceptors (Lipinski definition) is 4. The van der Waals surface area contributed by atoms with Crippen molar-refractivity contribution in [3.8, 4) is 5.75 Å². The molecule has 2 N–H and O–H groups in total. The van der Waals surface area contributed by atoms with Crippen molar-refractivity contribution in [3.05, 3.63) is 29.3 Å². The lowest BCUT2D eigenvalue weighted by Gasteiger charge is -2.29. The van der Waals surface area contributed by atoms with Crippen molar-refractivity contribution in [2.24, 2.45) is 10.9 Å². The summed E-state index contributed by atoms with van der Waals surface area (Å²) in [5.41, 5.74) is 2.61. The molecule has 1 aromatic rings. The molecule has 1 aromatic carbocycles. The predicted molar refractivity (Wildman–Crippen MR) is 126 cm³/mol. The lowest BCUT2D eigenvalue weighted by molar-refractivity contribution is -0.149. The van der Waals surface area contributed by atoms with Gasteiger partial charge >= 0.3 is 5.97 Å². The third-order valence-corrected chi connectivity index (χ3v) is 5.46. The van der Waals surface area contributed by atoms with Crippen LogP contribution in [0.5, 0.6) is 5.75 Å². The Morgan fingerprint density at radius 1 is 1.24 bits per heavy atom. The molecule has 1 saturated carbocycles. The average Bonchev–Trinajstić information content (AvgIpc) is 3.17. The van der Waals surface area contributed by atoms with Gasteiger partial charge in [-0.25, -0.2) is 0 Å². The van der Waals surface area contributed by atoms with Gasteiger partial charge in [-0.2, -0.15) is 0 Å². The van der Waals surface area contributed by atoms with Crippen molar-refractivity contribution in [1.82, 2.24) is 10.6 Å². The molecule has 0 unspecified atom stereocenters. The first-order valence-corrected chi connectivity index (χ1v) is 10.7. The van der Waals surface area contributed by atoms with Gasteiger partial charge < -0.3 is 20.1 Å². The van der Waals surface area contributed by atoms with Gasteiger partial charge in [-0.1, -0.05) is 12.1 Å². The summed E-state index contributed by atoms with van der Waals surface area (Å²) >= 11 is 0. The Labute approximate surface area is 191 Å². The van der Waals surface area contributed by atoms with Gasteiger partial charge in [0.1, 0.15) is 5.75 Å². The number of fused-ring (bicyclic) bond motifs is 1. The quantitative estimate of drug-likeness (QED) is 0.252. The summed E-state index contributed by atoms with van der Waals surface area (Å²) in [6.45, 7) is 6.78. The molecule has 1 aliphatic carbocycles. The Balaban J connectivity index is 0.00000300. The number of aliphatic imine (C=N–C) groups is 1. The number of esters is 1. The molecular weight excluding hydrogens is 481 g/mol. The summed E-state index contributed by atoms with van der Waals surface area (Å²) in [4.78, 5) is 16.6. The van der Waals surface area contributed by atoms with Crippen LogP contribution in [0.25, 0.3) is 0 Å². The highest BCUT2D eigenvalue weighted by atomic mass is 127. The SMILES string of the molecule is CCNC(=NCCc1ccc2c(c1)CCO2)NC1CCC(C(=O)OCC)CC1.I. The van der Waals surface area contributed by atoms with Crippen molar-refractivity contribution >= 4 is 35.9 Å². The summed E-state index contributed by atoms with van der Waals surface area (Å²) in [6, 6.07) is 6.82. The largest absolute Gasteiger partial charge is 0.493 e. The van der Waals surface area contributed by atoms with E-state index in [4.69, 9.17) is 14.5 Å². The summed E-state index contributed by atoms with van der Waals surface area (Å²) < 4.78 is 10.7. The molecule has 6 nitrogen and oxygen atoms in total. The van der Waals surface area contributed by atoms with Gasteiger partial charge in [0, 0.05) is 25.6 Å². The zero-order valence-corrected chi connectivity index (χ0v) is 19.9. The van der Waals surface area contributed by atoms with E-state index in [1.54, 1.807) is 0 Å². The van der Waals surface area contributed by atoms with Crippen LogP contribution in [-0.2, 0) is 22.4 Å². The van der Waals surface area contributed by atoms with Gasteiger partial charge in [-0.05, 0) is 63.1 Å². The molecule has 3 rings (SSSR count). The van der Waals surface area contributed by atoms with Crippen molar-refractivity contribution in [3.63, 3.8) is 0 Å². The first-order chi connectivity index (χ1) is 13.7. The standard InChI is InChI=1S/C22H33N3O3.HI/c1-3-23-22(25-19-8-6-17(7-9-19)21(26)27-4-2)24-13-11-16-5-10-20-18(15-16)12-14-28-20;/h5,10,15,17,19H,3-4,6-9,11-14H2,1-2H3,(H2,23,24,25);1H. The number of carbonyl (C=O) groups is 1. The number of nitrogens with zero attached hydrogens (tertiary/aromatic N) is 1. The van der Waals surface area contributed by atoms with Crippen molar-refractivity contribution in [2.75, 3.05) is 26.3 Å². The molecule has 0 atom stereocenters. The molecule has 7 heteroatoms. The molecule has 0 aromatic heterocycles. The fourth-order valence-electron chi connectivity index (χ4n) is 3.94. The van der Waals surface area contributed by atoms with Crippen molar-refractivity contribution in [2.45, 2.75) is 58.4 Å². The zero-order chi connectivity index (χ0) is 19.8. The second kappa shape index (κ2) is 12.2. The minimum Gasteiger partial charge on any atom is -0.493 e. The molecular formula is C22H34IN3O3. The minimum atomic E-state index is -0.0405. The Morgan fingerprint density at radius 2 is 2.03 bits per heavy atom. The molecule has 0 radical (unpaired) electrons. The number of guanidine groups is 1. The highest BCUT2D eigenvalue weighted by Crippen LogP contribution is 2.26. The van der Waals surface area contributed by atoms with Crippen LogP contribution in [0.1, 0.15) is 50.7 Å². The fourth-order valence-corrected chi connectivity index (χ4v) is 3.94. The highest BCUT2D eigenvalue weighted by molar-refractivity contribution is 14.0. The molecule has 2 aliphatic rings. The smallest absolute Gasteiger partial charge is 0.308 e. The average molecular weight is 515 g/mol. The third kappa shape index (κ3) is 7.04. The van der Waals surface area contributed by atoms with Crippen LogP contribution in [-0.4, -0.2) is 44.3 Å². The molecule has 1 heterocycles. The van der Waals surface area contributed by atoms with Gasteiger partial charge in [-0.15, -0.1) is 24.0 Å². The van der Waals surface area contributed by atoms with E-state index in [9.17, 15) is 4.79 Å². The lowest BCUT2D eigenvalue weighted by Crippen LogP contribution is -2.45. The van der Waals surface area contributed by atoms with Gasteiger partial charge in [0.15, 0.2) is 5.96 Å². The maximum atomic E-state index is 11.9. The molecule has 0 bridgehead atoms. The number of hydrogen-bond donors (Lipinski definition) is 2. The van der Waals surface area contributed by atoms with E-state index in [0.29, 0.717) is 12.6 Å². The van der Waals surface area contributed by atoms with Gasteiger partial charge in [-0.3, -0.25) is 9.79 Å². The minimum absolute atomic E-state index is 0. The predicted octanol–water partition coefficient (Wildman–Crippen LogP) is 3.46. The van der Waals surface area contributed by atoms with Crippen LogP contribution < -0.4 is 15.4 Å². The number of carbonyl (C=O) groups excluding carboxylic acids is 1. The third-order valence-electron chi connectivity index (χ3n) is 5.46. The van der Waals surface area contributed by atoms with E-state index in [1.165, 1.54) is 11.1 Å². The number of ether oxygens (including phenoxy) is 2. The lowest BCUT2D eigenvalue weighted by atomic mass is 9.86. The second-order valence-electron chi connectivity index (χ2n) is 7.50. The van der Waals surface area contributed by atoms with Crippen LogP contribution in [0.15, 0.2) is 23.2 Å². The zero-order valence-electron chi connectivity index (χ0n) is 17.5. The molecule has 1 fully saturated rings. The normalized spacial score (nSPS) is 20.8. The highest BCUT2D eigenvalue weighted by Gasteiger charge is 2.27. The molecule has 0 amide bonds. The van der Waals surface area contributed by atoms with E-state index in [0.717, 1.165) is 69.9 Å². The summed E-state index contributed by atoms with van der Waals surface area (Å²) in [7, 11) is 0. The monoisotopic (exact) mass is 515 g/mol. The Morgan fingerprint density at radius 3 is 2.76 bits per heavy atom. The summed E-state index contributed by atoms with van der Waals surface area (Å²) in [5, 5.41) is 6.88. The van der Waals surface area contributed by atoms with E-state index in [2.05, 4.69) is 35.8 Å². The van der Waals surface area contributed by atoms with E-state index < -0.39 is 0 Å². The number of benzene rings is 1. The molecule has 0 saturated heterocycles. The molecule has 1 aliphatic heterocycles. The van der Waals surface area contributed by atoms with E-state index in [-0.39, 0.29) is 35.9 Å². The topological polar surface area (TPSA) is 72.0 Å². The second-order valence-corrected chi connectivity index (χ2v) is 7.50. The Hall–Kier alpha value is -1.51. The Kier molecular flexibility index (Phi) is 10.0.